The fourth-order valence-electron chi connectivity index (χ4n) is 2.24. The smallest absolute Gasteiger partial charge is 0.307 e. The van der Waals surface area contributed by atoms with Gasteiger partial charge in [0.1, 0.15) is 0 Å². The Morgan fingerprint density at radius 2 is 2.31 bits per heavy atom. The van der Waals surface area contributed by atoms with Crippen molar-refractivity contribution in [2.24, 2.45) is 0 Å². The first-order valence-corrected chi connectivity index (χ1v) is 6.12. The predicted molar refractivity (Wildman–Crippen MR) is 62.3 cm³/mol. The van der Waals surface area contributed by atoms with Crippen LogP contribution in [0.1, 0.15) is 39.5 Å². The van der Waals surface area contributed by atoms with Crippen molar-refractivity contribution < 1.29 is 14.3 Å². The summed E-state index contributed by atoms with van der Waals surface area (Å²) in [4.78, 5) is 11.6. The van der Waals surface area contributed by atoms with E-state index in [0.717, 1.165) is 25.9 Å². The normalized spacial score (nSPS) is 30.1. The number of carbonyl (C=O) groups excluding carboxylic acids is 1. The Labute approximate surface area is 97.7 Å². The molecule has 4 heteroatoms. The summed E-state index contributed by atoms with van der Waals surface area (Å²) in [5.41, 5.74) is -0.134. The van der Waals surface area contributed by atoms with Crippen LogP contribution in [0.15, 0.2) is 0 Å². The average Bonchev–Trinajstić information content (AvgIpc) is 2.29. The number of rotatable bonds is 5. The number of hydrogen-bond acceptors (Lipinski definition) is 4. The third-order valence-corrected chi connectivity index (χ3v) is 3.33. The Morgan fingerprint density at radius 1 is 1.56 bits per heavy atom. The van der Waals surface area contributed by atoms with E-state index in [9.17, 15) is 4.79 Å². The number of esters is 1. The molecular formula is C12H23NO3. The second kappa shape index (κ2) is 6.21. The van der Waals surface area contributed by atoms with Gasteiger partial charge >= 0.3 is 5.97 Å². The van der Waals surface area contributed by atoms with Crippen LogP contribution in [0.25, 0.3) is 0 Å². The minimum absolute atomic E-state index is 0.117. The summed E-state index contributed by atoms with van der Waals surface area (Å²) in [5.74, 6) is -0.117. The van der Waals surface area contributed by atoms with Gasteiger partial charge in [-0.2, -0.15) is 0 Å². The molecule has 0 aromatic heterocycles. The van der Waals surface area contributed by atoms with E-state index in [2.05, 4.69) is 12.2 Å². The van der Waals surface area contributed by atoms with E-state index < -0.39 is 0 Å². The predicted octanol–water partition coefficient (Wildman–Crippen LogP) is 1.49. The van der Waals surface area contributed by atoms with E-state index in [-0.39, 0.29) is 17.6 Å². The topological polar surface area (TPSA) is 47.6 Å². The van der Waals surface area contributed by atoms with Crippen LogP contribution in [0.5, 0.6) is 0 Å². The van der Waals surface area contributed by atoms with E-state index in [1.165, 1.54) is 0 Å². The molecule has 0 bridgehead atoms. The third-order valence-electron chi connectivity index (χ3n) is 3.33. The second-order valence-electron chi connectivity index (χ2n) is 4.37. The molecule has 1 rings (SSSR count). The number of carbonyl (C=O) groups is 1. The summed E-state index contributed by atoms with van der Waals surface area (Å²) in [7, 11) is 1.91. The van der Waals surface area contributed by atoms with Crippen LogP contribution < -0.4 is 5.32 Å². The van der Waals surface area contributed by atoms with Crippen molar-refractivity contribution in [1.82, 2.24) is 5.32 Å². The molecule has 1 aliphatic rings. The van der Waals surface area contributed by atoms with Crippen LogP contribution in [-0.4, -0.2) is 37.9 Å². The molecule has 4 nitrogen and oxygen atoms in total. The minimum Gasteiger partial charge on any atom is -0.466 e. The van der Waals surface area contributed by atoms with Crippen LogP contribution in [-0.2, 0) is 14.3 Å². The zero-order chi connectivity index (χ0) is 12.0. The molecule has 0 radical (unpaired) electrons. The molecule has 0 saturated carbocycles. The van der Waals surface area contributed by atoms with Crippen molar-refractivity contribution in [1.29, 1.82) is 0 Å². The Balaban J connectivity index is 2.58. The highest BCUT2D eigenvalue weighted by Gasteiger charge is 2.37. The van der Waals surface area contributed by atoms with Crippen LogP contribution in [0.2, 0.25) is 0 Å². The summed E-state index contributed by atoms with van der Waals surface area (Å²) in [6, 6.07) is 0. The fraction of sp³-hybridized carbons (Fsp3) is 0.917. The van der Waals surface area contributed by atoms with Crippen molar-refractivity contribution in [3.05, 3.63) is 0 Å². The van der Waals surface area contributed by atoms with Crippen LogP contribution in [0.3, 0.4) is 0 Å². The van der Waals surface area contributed by atoms with Gasteiger partial charge in [0.2, 0.25) is 0 Å². The largest absolute Gasteiger partial charge is 0.466 e. The fourth-order valence-corrected chi connectivity index (χ4v) is 2.24. The summed E-state index contributed by atoms with van der Waals surface area (Å²) >= 11 is 0. The Morgan fingerprint density at radius 3 is 2.88 bits per heavy atom. The molecule has 2 unspecified atom stereocenters. The number of nitrogens with one attached hydrogen (secondary N) is 1. The van der Waals surface area contributed by atoms with Crippen LogP contribution in [0, 0.1) is 0 Å². The molecule has 0 aromatic rings. The third kappa shape index (κ3) is 3.46. The molecule has 0 aromatic carbocycles. The summed E-state index contributed by atoms with van der Waals surface area (Å²) in [6.45, 7) is 5.12. The maximum atomic E-state index is 11.6. The van der Waals surface area contributed by atoms with Gasteiger partial charge in [0.05, 0.1) is 19.1 Å². The molecule has 1 fully saturated rings. The van der Waals surface area contributed by atoms with Gasteiger partial charge in [-0.15, -0.1) is 0 Å². The van der Waals surface area contributed by atoms with E-state index in [0.29, 0.717) is 13.0 Å². The lowest BCUT2D eigenvalue weighted by Crippen LogP contribution is -2.51. The minimum atomic E-state index is -0.134. The Kier molecular flexibility index (Phi) is 5.22. The summed E-state index contributed by atoms with van der Waals surface area (Å²) in [6.07, 6.45) is 3.46. The highest BCUT2D eigenvalue weighted by molar-refractivity contribution is 5.71. The van der Waals surface area contributed by atoms with Crippen molar-refractivity contribution in [3.8, 4) is 0 Å². The zero-order valence-corrected chi connectivity index (χ0v) is 10.5. The highest BCUT2D eigenvalue weighted by Crippen LogP contribution is 2.29. The van der Waals surface area contributed by atoms with Gasteiger partial charge in [-0.1, -0.05) is 6.92 Å². The van der Waals surface area contributed by atoms with Gasteiger partial charge in [-0.25, -0.2) is 0 Å². The molecule has 1 aliphatic heterocycles. The van der Waals surface area contributed by atoms with Gasteiger partial charge in [0.25, 0.3) is 0 Å². The lowest BCUT2D eigenvalue weighted by Gasteiger charge is -2.40. The Bertz CT molecular complexity index is 232. The zero-order valence-electron chi connectivity index (χ0n) is 10.5. The lowest BCUT2D eigenvalue weighted by molar-refractivity contribution is -0.146. The van der Waals surface area contributed by atoms with Gasteiger partial charge in [0.15, 0.2) is 0 Å². The molecule has 1 saturated heterocycles. The Hall–Kier alpha value is -0.610. The highest BCUT2D eigenvalue weighted by atomic mass is 16.5. The van der Waals surface area contributed by atoms with Crippen molar-refractivity contribution >= 4 is 5.97 Å². The first kappa shape index (κ1) is 13.5. The van der Waals surface area contributed by atoms with Gasteiger partial charge in [-0.05, 0) is 33.2 Å². The maximum absolute atomic E-state index is 11.6. The van der Waals surface area contributed by atoms with Gasteiger partial charge in [-0.3, -0.25) is 4.79 Å². The van der Waals surface area contributed by atoms with Crippen molar-refractivity contribution in [2.45, 2.75) is 51.2 Å². The average molecular weight is 229 g/mol. The molecule has 16 heavy (non-hydrogen) atoms. The first-order valence-electron chi connectivity index (χ1n) is 6.12. The molecule has 2 atom stereocenters. The molecular weight excluding hydrogens is 206 g/mol. The number of ether oxygens (including phenoxy) is 2. The monoisotopic (exact) mass is 229 g/mol. The van der Waals surface area contributed by atoms with Gasteiger partial charge < -0.3 is 14.8 Å². The quantitative estimate of drug-likeness (QED) is 0.726. The van der Waals surface area contributed by atoms with E-state index in [1.54, 1.807) is 0 Å². The van der Waals surface area contributed by atoms with Gasteiger partial charge in [0, 0.05) is 12.1 Å². The van der Waals surface area contributed by atoms with E-state index in [1.807, 2.05) is 14.0 Å². The maximum Gasteiger partial charge on any atom is 0.307 e. The van der Waals surface area contributed by atoms with Crippen LogP contribution >= 0.6 is 0 Å². The van der Waals surface area contributed by atoms with E-state index in [4.69, 9.17) is 9.47 Å². The lowest BCUT2D eigenvalue weighted by atomic mass is 9.83. The van der Waals surface area contributed by atoms with Crippen LogP contribution in [0.4, 0.5) is 0 Å². The molecule has 0 aliphatic carbocycles. The molecule has 1 N–H and O–H groups in total. The number of hydrogen-bond donors (Lipinski definition) is 1. The molecule has 94 valence electrons. The second-order valence-corrected chi connectivity index (χ2v) is 4.37. The standard InChI is InChI=1S/C12H23NO3/c1-4-10-8-12(13-3,6-7-16-10)9-11(14)15-5-2/h10,13H,4-9H2,1-3H3. The molecule has 0 amide bonds. The SMILES string of the molecule is CCOC(=O)CC1(NC)CCOC(CC)C1. The summed E-state index contributed by atoms with van der Waals surface area (Å²) in [5, 5.41) is 3.29. The molecule has 0 spiro atoms. The summed E-state index contributed by atoms with van der Waals surface area (Å²) < 4.78 is 10.7. The first-order chi connectivity index (χ1) is 7.65. The van der Waals surface area contributed by atoms with Crippen molar-refractivity contribution in [2.75, 3.05) is 20.3 Å². The van der Waals surface area contributed by atoms with Crippen molar-refractivity contribution in [3.63, 3.8) is 0 Å². The van der Waals surface area contributed by atoms with E-state index >= 15 is 0 Å². The molecule has 1 heterocycles.